The van der Waals surface area contributed by atoms with Gasteiger partial charge in [-0.3, -0.25) is 4.99 Å². The Kier molecular flexibility index (Phi) is 14.8. The fraction of sp³-hybridized carbons (Fsp3) is 0.706. The van der Waals surface area contributed by atoms with Gasteiger partial charge in [0.05, 0.1) is 0 Å². The Labute approximate surface area is 181 Å². The number of aliphatic imine (C=N–C) groups is 1. The topological polar surface area (TPSA) is 83.5 Å². The molecule has 11 heteroatoms. The number of alkyl halides is 3. The minimum absolute atomic E-state index is 0. The van der Waals surface area contributed by atoms with Gasteiger partial charge in [-0.25, -0.2) is 9.97 Å². The van der Waals surface area contributed by atoms with Crippen LogP contribution in [0.2, 0.25) is 0 Å². The normalized spacial score (nSPS) is 11.7. The fourth-order valence-electron chi connectivity index (χ4n) is 2.00. The van der Waals surface area contributed by atoms with Crippen molar-refractivity contribution in [3.05, 3.63) is 18.0 Å². The zero-order valence-electron chi connectivity index (χ0n) is 16.3. The largest absolute Gasteiger partial charge is 0.433 e. The molecular weight excluding hydrogens is 488 g/mol. The highest BCUT2D eigenvalue weighted by molar-refractivity contribution is 14.0. The first kappa shape index (κ1) is 26.6. The lowest BCUT2D eigenvalue weighted by atomic mass is 10.4. The number of hydrogen-bond donors (Lipinski definition) is 3. The summed E-state index contributed by atoms with van der Waals surface area (Å²) in [5.41, 5.74) is -0.969. The van der Waals surface area contributed by atoms with Gasteiger partial charge >= 0.3 is 6.18 Å². The summed E-state index contributed by atoms with van der Waals surface area (Å²) in [6.07, 6.45) is -0.388. The van der Waals surface area contributed by atoms with Crippen molar-refractivity contribution in [1.29, 1.82) is 0 Å². The summed E-state index contributed by atoms with van der Waals surface area (Å²) in [5, 5.41) is 8.98. The maximum absolute atomic E-state index is 12.6. The van der Waals surface area contributed by atoms with Gasteiger partial charge in [-0.05, 0) is 25.8 Å². The van der Waals surface area contributed by atoms with E-state index in [-0.39, 0.29) is 29.9 Å². The van der Waals surface area contributed by atoms with E-state index in [9.17, 15) is 13.2 Å². The smallest absolute Gasteiger partial charge is 0.381 e. The number of unbranched alkanes of at least 4 members (excludes halogenated alkanes) is 1. The number of aromatic nitrogens is 2. The van der Waals surface area contributed by atoms with E-state index in [1.807, 2.05) is 6.92 Å². The van der Waals surface area contributed by atoms with Gasteiger partial charge in [0.1, 0.15) is 5.69 Å². The van der Waals surface area contributed by atoms with Crippen LogP contribution < -0.4 is 16.0 Å². The number of nitrogens with one attached hydrogen (secondary N) is 3. The molecule has 162 valence electrons. The van der Waals surface area contributed by atoms with Crippen LogP contribution in [0.15, 0.2) is 17.3 Å². The van der Waals surface area contributed by atoms with Crippen molar-refractivity contribution in [1.82, 2.24) is 20.6 Å². The van der Waals surface area contributed by atoms with Crippen molar-refractivity contribution in [2.24, 2.45) is 4.99 Å². The first-order valence-corrected chi connectivity index (χ1v) is 9.21. The molecule has 0 amide bonds. The summed E-state index contributed by atoms with van der Waals surface area (Å²) >= 11 is 0. The van der Waals surface area contributed by atoms with E-state index in [2.05, 4.69) is 37.8 Å². The highest BCUT2D eigenvalue weighted by Crippen LogP contribution is 2.27. The zero-order chi connectivity index (χ0) is 20.0. The average Bonchev–Trinajstić information content (AvgIpc) is 2.64. The Morgan fingerprint density at radius 2 is 1.89 bits per heavy atom. The van der Waals surface area contributed by atoms with Crippen molar-refractivity contribution >= 4 is 35.9 Å². The molecular formula is C17H30F3IN6O. The van der Waals surface area contributed by atoms with E-state index in [1.54, 1.807) is 0 Å². The van der Waals surface area contributed by atoms with Crippen LogP contribution in [-0.4, -0.2) is 55.3 Å². The molecule has 0 spiro atoms. The zero-order valence-corrected chi connectivity index (χ0v) is 18.6. The molecule has 3 N–H and O–H groups in total. The molecule has 7 nitrogen and oxygen atoms in total. The van der Waals surface area contributed by atoms with Crippen molar-refractivity contribution < 1.29 is 17.9 Å². The number of nitrogens with zero attached hydrogens (tertiary/aromatic N) is 3. The summed E-state index contributed by atoms with van der Waals surface area (Å²) in [4.78, 5) is 11.7. The van der Waals surface area contributed by atoms with Gasteiger partial charge in [-0.1, -0.05) is 13.3 Å². The van der Waals surface area contributed by atoms with Crippen LogP contribution in [0.25, 0.3) is 0 Å². The van der Waals surface area contributed by atoms with Gasteiger partial charge in [0.15, 0.2) is 5.96 Å². The molecule has 0 fully saturated rings. The monoisotopic (exact) mass is 518 g/mol. The lowest BCUT2D eigenvalue weighted by Gasteiger charge is -2.12. The Hall–Kier alpha value is -1.37. The van der Waals surface area contributed by atoms with Gasteiger partial charge in [-0.2, -0.15) is 13.2 Å². The number of halogens is 4. The van der Waals surface area contributed by atoms with Crippen LogP contribution in [0.3, 0.4) is 0 Å². The van der Waals surface area contributed by atoms with E-state index in [1.165, 1.54) is 0 Å². The third-order valence-corrected chi connectivity index (χ3v) is 3.35. The van der Waals surface area contributed by atoms with Crippen LogP contribution in [0.1, 0.15) is 38.8 Å². The predicted octanol–water partition coefficient (Wildman–Crippen LogP) is 3.29. The molecule has 0 aliphatic heterocycles. The Bertz CT molecular complexity index is 560. The van der Waals surface area contributed by atoms with Crippen molar-refractivity contribution in [2.45, 2.75) is 39.3 Å². The van der Waals surface area contributed by atoms with Gasteiger partial charge in [0.25, 0.3) is 0 Å². The number of hydrogen-bond acceptors (Lipinski definition) is 5. The minimum atomic E-state index is -4.48. The van der Waals surface area contributed by atoms with Crippen LogP contribution in [0, 0.1) is 0 Å². The van der Waals surface area contributed by atoms with Crippen LogP contribution in [0.5, 0.6) is 0 Å². The maximum Gasteiger partial charge on any atom is 0.433 e. The molecule has 1 rings (SSSR count). The Balaban J connectivity index is 0.00000729. The summed E-state index contributed by atoms with van der Waals surface area (Å²) in [7, 11) is 0. The number of guanidine groups is 1. The molecule has 1 heterocycles. The van der Waals surface area contributed by atoms with Crippen molar-refractivity contribution in [2.75, 3.05) is 44.7 Å². The molecule has 0 aromatic carbocycles. The molecule has 0 atom stereocenters. The van der Waals surface area contributed by atoms with Gasteiger partial charge in [0.2, 0.25) is 5.95 Å². The van der Waals surface area contributed by atoms with Crippen LogP contribution in [-0.2, 0) is 10.9 Å². The predicted molar refractivity (Wildman–Crippen MR) is 115 cm³/mol. The SMILES string of the molecule is CCCCOCCCN=C(NCC)NCCNc1nccc(C(F)(F)F)n1.I. The maximum atomic E-state index is 12.6. The second-order valence-electron chi connectivity index (χ2n) is 5.70. The van der Waals surface area contributed by atoms with E-state index >= 15 is 0 Å². The molecule has 0 bridgehead atoms. The third-order valence-electron chi connectivity index (χ3n) is 3.35. The molecule has 0 saturated carbocycles. The van der Waals surface area contributed by atoms with Gasteiger partial charge in [-0.15, -0.1) is 24.0 Å². The third kappa shape index (κ3) is 12.2. The molecule has 0 unspecified atom stereocenters. The summed E-state index contributed by atoms with van der Waals surface area (Å²) < 4.78 is 43.3. The summed E-state index contributed by atoms with van der Waals surface area (Å²) in [6, 6.07) is 0.839. The first-order valence-electron chi connectivity index (χ1n) is 9.21. The van der Waals surface area contributed by atoms with E-state index in [0.717, 1.165) is 38.1 Å². The van der Waals surface area contributed by atoms with Crippen molar-refractivity contribution in [3.8, 4) is 0 Å². The van der Waals surface area contributed by atoms with Crippen molar-refractivity contribution in [3.63, 3.8) is 0 Å². The second kappa shape index (κ2) is 15.5. The van der Waals surface area contributed by atoms with E-state index in [4.69, 9.17) is 4.74 Å². The summed E-state index contributed by atoms with van der Waals surface area (Å²) in [5.74, 6) is 0.593. The second-order valence-corrected chi connectivity index (χ2v) is 5.70. The molecule has 1 aromatic rings. The standard InChI is InChI=1S/C17H29F3N6O.HI/c1-3-5-12-27-13-6-8-22-15(21-4-2)24-10-11-25-16-23-9-7-14(26-16)17(18,19)20;/h7,9H,3-6,8,10-13H2,1-2H3,(H2,21,22,24)(H,23,25,26);1H. The molecule has 0 aliphatic rings. The van der Waals surface area contributed by atoms with Crippen LogP contribution in [0.4, 0.5) is 19.1 Å². The lowest BCUT2D eigenvalue weighted by molar-refractivity contribution is -0.141. The number of rotatable bonds is 12. The minimum Gasteiger partial charge on any atom is -0.381 e. The molecule has 1 aromatic heterocycles. The molecule has 28 heavy (non-hydrogen) atoms. The quantitative estimate of drug-likeness (QED) is 0.171. The lowest BCUT2D eigenvalue weighted by Crippen LogP contribution is -2.39. The highest BCUT2D eigenvalue weighted by Gasteiger charge is 2.32. The van der Waals surface area contributed by atoms with E-state index < -0.39 is 11.9 Å². The van der Waals surface area contributed by atoms with E-state index in [0.29, 0.717) is 38.7 Å². The molecule has 0 saturated heterocycles. The first-order chi connectivity index (χ1) is 13.0. The fourth-order valence-corrected chi connectivity index (χ4v) is 2.00. The number of ether oxygens (including phenoxy) is 1. The van der Waals surface area contributed by atoms with Gasteiger partial charge in [0, 0.05) is 45.6 Å². The molecule has 0 radical (unpaired) electrons. The summed E-state index contributed by atoms with van der Waals surface area (Å²) in [6.45, 7) is 7.69. The molecule has 0 aliphatic carbocycles. The Morgan fingerprint density at radius 3 is 2.57 bits per heavy atom. The highest BCUT2D eigenvalue weighted by atomic mass is 127. The van der Waals surface area contributed by atoms with Crippen LogP contribution >= 0.6 is 24.0 Å². The van der Waals surface area contributed by atoms with Gasteiger partial charge < -0.3 is 20.7 Å². The number of anilines is 1. The Morgan fingerprint density at radius 1 is 1.14 bits per heavy atom. The average molecular weight is 518 g/mol.